The highest BCUT2D eigenvalue weighted by Gasteiger charge is 2.46. The molecule has 0 saturated heterocycles. The van der Waals surface area contributed by atoms with Crippen LogP contribution < -0.4 is 0 Å². The number of carbonyl (C=O) groups excluding carboxylic acids is 1. The molecule has 1 saturated carbocycles. The lowest BCUT2D eigenvalue weighted by molar-refractivity contribution is -0.147. The van der Waals surface area contributed by atoms with Gasteiger partial charge in [-0.1, -0.05) is 18.6 Å². The predicted octanol–water partition coefficient (Wildman–Crippen LogP) is 1.78. The quantitative estimate of drug-likeness (QED) is 0.864. The molecule has 4 nitrogen and oxygen atoms in total. The number of fused-ring (bicyclic) bond motifs is 1. The van der Waals surface area contributed by atoms with Gasteiger partial charge in [-0.15, -0.1) is 0 Å². The summed E-state index contributed by atoms with van der Waals surface area (Å²) in [5, 5.41) is 9.41. The van der Waals surface area contributed by atoms with Crippen LogP contribution in [0.1, 0.15) is 40.7 Å². The molecule has 94 valence electrons. The summed E-state index contributed by atoms with van der Waals surface area (Å²) in [7, 11) is 1.76. The molecular formula is C14H15NO3. The van der Waals surface area contributed by atoms with E-state index in [0.717, 1.165) is 17.5 Å². The second kappa shape index (κ2) is 3.57. The summed E-state index contributed by atoms with van der Waals surface area (Å²) in [5.41, 5.74) is 1.69. The second-order valence-corrected chi connectivity index (χ2v) is 5.27. The molecule has 1 fully saturated rings. The van der Waals surface area contributed by atoms with Crippen molar-refractivity contribution >= 4 is 11.9 Å². The molecule has 1 aliphatic carbocycles. The van der Waals surface area contributed by atoms with E-state index in [1.165, 1.54) is 0 Å². The SMILES string of the molecule is CN1Cc2ccc(C3(C(=O)O)CCC3)cc2C1=O. The maximum absolute atomic E-state index is 11.9. The Labute approximate surface area is 105 Å². The Morgan fingerprint density at radius 2 is 2.11 bits per heavy atom. The molecule has 0 atom stereocenters. The maximum Gasteiger partial charge on any atom is 0.314 e. The topological polar surface area (TPSA) is 57.6 Å². The number of hydrogen-bond donors (Lipinski definition) is 1. The lowest BCUT2D eigenvalue weighted by atomic mass is 9.64. The van der Waals surface area contributed by atoms with Crippen molar-refractivity contribution in [2.75, 3.05) is 7.05 Å². The zero-order chi connectivity index (χ0) is 12.9. The normalized spacial score (nSPS) is 20.5. The smallest absolute Gasteiger partial charge is 0.314 e. The average Bonchev–Trinajstić information content (AvgIpc) is 2.53. The second-order valence-electron chi connectivity index (χ2n) is 5.27. The highest BCUT2D eigenvalue weighted by atomic mass is 16.4. The van der Waals surface area contributed by atoms with Crippen LogP contribution in [0.2, 0.25) is 0 Å². The first-order chi connectivity index (χ1) is 8.54. The van der Waals surface area contributed by atoms with Gasteiger partial charge in [-0.3, -0.25) is 9.59 Å². The first-order valence-electron chi connectivity index (χ1n) is 6.17. The Kier molecular flexibility index (Phi) is 2.24. The van der Waals surface area contributed by atoms with Crippen LogP contribution in [0.3, 0.4) is 0 Å². The van der Waals surface area contributed by atoms with Crippen molar-refractivity contribution in [1.82, 2.24) is 4.90 Å². The molecule has 0 spiro atoms. The summed E-state index contributed by atoms with van der Waals surface area (Å²) in [6.07, 6.45) is 2.29. The van der Waals surface area contributed by atoms with Crippen molar-refractivity contribution in [1.29, 1.82) is 0 Å². The van der Waals surface area contributed by atoms with E-state index in [1.807, 2.05) is 12.1 Å². The maximum atomic E-state index is 11.9. The van der Waals surface area contributed by atoms with Crippen LogP contribution in [0, 0.1) is 0 Å². The van der Waals surface area contributed by atoms with E-state index in [9.17, 15) is 14.7 Å². The van der Waals surface area contributed by atoms with Gasteiger partial charge < -0.3 is 10.0 Å². The van der Waals surface area contributed by atoms with Crippen molar-refractivity contribution < 1.29 is 14.7 Å². The summed E-state index contributed by atoms with van der Waals surface area (Å²) in [4.78, 5) is 25.0. The number of amides is 1. The lowest BCUT2D eigenvalue weighted by Crippen LogP contribution is -2.42. The molecule has 3 rings (SSSR count). The molecule has 4 heteroatoms. The molecular weight excluding hydrogens is 230 g/mol. The summed E-state index contributed by atoms with van der Waals surface area (Å²) in [6, 6.07) is 5.56. The molecule has 0 bridgehead atoms. The molecule has 0 aromatic heterocycles. The fraction of sp³-hybridized carbons (Fsp3) is 0.429. The van der Waals surface area contributed by atoms with Crippen molar-refractivity contribution in [3.05, 3.63) is 34.9 Å². The molecule has 0 unspecified atom stereocenters. The van der Waals surface area contributed by atoms with Crippen LogP contribution in [0.15, 0.2) is 18.2 Å². The first kappa shape index (κ1) is 11.3. The number of rotatable bonds is 2. The molecule has 0 radical (unpaired) electrons. The summed E-state index contributed by atoms with van der Waals surface area (Å²) < 4.78 is 0. The Balaban J connectivity index is 2.06. The molecule has 1 heterocycles. The van der Waals surface area contributed by atoms with Crippen molar-refractivity contribution in [2.24, 2.45) is 0 Å². The zero-order valence-corrected chi connectivity index (χ0v) is 10.3. The predicted molar refractivity (Wildman–Crippen MR) is 65.4 cm³/mol. The fourth-order valence-electron chi connectivity index (χ4n) is 2.90. The largest absolute Gasteiger partial charge is 0.481 e. The number of nitrogens with zero attached hydrogens (tertiary/aromatic N) is 1. The minimum absolute atomic E-state index is 0.00767. The number of aliphatic carboxylic acids is 1. The third-order valence-electron chi connectivity index (χ3n) is 4.26. The molecule has 1 N–H and O–H groups in total. The van der Waals surface area contributed by atoms with Crippen molar-refractivity contribution in [3.63, 3.8) is 0 Å². The van der Waals surface area contributed by atoms with E-state index in [-0.39, 0.29) is 5.91 Å². The molecule has 1 aromatic carbocycles. The number of carboxylic acids is 1. The van der Waals surface area contributed by atoms with Crippen LogP contribution in [0.4, 0.5) is 0 Å². The van der Waals surface area contributed by atoms with E-state index in [1.54, 1.807) is 18.0 Å². The van der Waals surface area contributed by atoms with E-state index in [2.05, 4.69) is 0 Å². The highest BCUT2D eigenvalue weighted by molar-refractivity contribution is 5.98. The van der Waals surface area contributed by atoms with Gasteiger partial charge in [0.2, 0.25) is 0 Å². The van der Waals surface area contributed by atoms with Gasteiger partial charge in [0.1, 0.15) is 0 Å². The van der Waals surface area contributed by atoms with Gasteiger partial charge in [0.25, 0.3) is 5.91 Å². The summed E-state index contributed by atoms with van der Waals surface area (Å²) in [5.74, 6) is -0.779. The van der Waals surface area contributed by atoms with Crippen molar-refractivity contribution in [2.45, 2.75) is 31.2 Å². The summed E-state index contributed by atoms with van der Waals surface area (Å²) in [6.45, 7) is 0.620. The van der Waals surface area contributed by atoms with Crippen LogP contribution in [0.25, 0.3) is 0 Å². The molecule has 1 aliphatic heterocycles. The molecule has 1 aromatic rings. The standard InChI is InChI=1S/C14H15NO3/c1-15-8-9-3-4-10(7-11(9)12(15)16)14(13(17)18)5-2-6-14/h3-4,7H,2,5-6,8H2,1H3,(H,17,18). The van der Waals surface area contributed by atoms with Gasteiger partial charge >= 0.3 is 5.97 Å². The number of carboxylic acid groups (broad SMARTS) is 1. The first-order valence-corrected chi connectivity index (χ1v) is 6.17. The van der Waals surface area contributed by atoms with Crippen LogP contribution >= 0.6 is 0 Å². The van der Waals surface area contributed by atoms with Gasteiger partial charge in [0, 0.05) is 19.2 Å². The Bertz CT molecular complexity index is 546. The summed E-state index contributed by atoms with van der Waals surface area (Å²) >= 11 is 0. The molecule has 1 amide bonds. The third-order valence-corrected chi connectivity index (χ3v) is 4.26. The monoisotopic (exact) mass is 245 g/mol. The minimum Gasteiger partial charge on any atom is -0.481 e. The average molecular weight is 245 g/mol. The van der Waals surface area contributed by atoms with Gasteiger partial charge in [-0.05, 0) is 30.0 Å². The Morgan fingerprint density at radius 3 is 2.67 bits per heavy atom. The lowest BCUT2D eigenvalue weighted by Gasteiger charge is -2.38. The third kappa shape index (κ3) is 1.32. The van der Waals surface area contributed by atoms with Crippen LogP contribution in [0.5, 0.6) is 0 Å². The van der Waals surface area contributed by atoms with Gasteiger partial charge in [0.15, 0.2) is 0 Å². The van der Waals surface area contributed by atoms with Crippen LogP contribution in [-0.4, -0.2) is 28.9 Å². The number of hydrogen-bond acceptors (Lipinski definition) is 2. The Hall–Kier alpha value is -1.84. The van der Waals surface area contributed by atoms with Crippen LogP contribution in [-0.2, 0) is 16.8 Å². The molecule has 2 aliphatic rings. The van der Waals surface area contributed by atoms with E-state index >= 15 is 0 Å². The number of benzene rings is 1. The zero-order valence-electron chi connectivity index (χ0n) is 10.3. The van der Waals surface area contributed by atoms with Gasteiger partial charge in [0.05, 0.1) is 5.41 Å². The van der Waals surface area contributed by atoms with E-state index in [0.29, 0.717) is 24.9 Å². The van der Waals surface area contributed by atoms with E-state index < -0.39 is 11.4 Å². The van der Waals surface area contributed by atoms with Crippen molar-refractivity contribution in [3.8, 4) is 0 Å². The fourth-order valence-corrected chi connectivity index (χ4v) is 2.90. The molecule has 18 heavy (non-hydrogen) atoms. The van der Waals surface area contributed by atoms with Gasteiger partial charge in [-0.25, -0.2) is 0 Å². The Morgan fingerprint density at radius 1 is 1.39 bits per heavy atom. The minimum atomic E-state index is -0.771. The van der Waals surface area contributed by atoms with E-state index in [4.69, 9.17) is 0 Å². The highest BCUT2D eigenvalue weighted by Crippen LogP contribution is 2.44. The number of carbonyl (C=O) groups is 2. The van der Waals surface area contributed by atoms with Gasteiger partial charge in [-0.2, -0.15) is 0 Å².